The van der Waals surface area contributed by atoms with Crippen LogP contribution in [0.3, 0.4) is 0 Å². The van der Waals surface area contributed by atoms with Crippen molar-refractivity contribution < 1.29 is 14.6 Å². The van der Waals surface area contributed by atoms with Crippen molar-refractivity contribution in [1.29, 1.82) is 0 Å². The maximum atomic E-state index is 11.9. The molecule has 20 heavy (non-hydrogen) atoms. The van der Waals surface area contributed by atoms with Crippen LogP contribution in [0.4, 0.5) is 0 Å². The van der Waals surface area contributed by atoms with E-state index in [1.165, 1.54) is 0 Å². The highest BCUT2D eigenvalue weighted by atomic mass is 79.9. The van der Waals surface area contributed by atoms with Crippen molar-refractivity contribution in [3.63, 3.8) is 0 Å². The summed E-state index contributed by atoms with van der Waals surface area (Å²) >= 11 is 3.36. The van der Waals surface area contributed by atoms with Crippen LogP contribution in [0.25, 0.3) is 0 Å². The Bertz CT molecular complexity index is 449. The van der Waals surface area contributed by atoms with E-state index < -0.39 is 12.2 Å². The molecule has 0 bridgehead atoms. The number of aliphatic hydroxyl groups excluding tert-OH is 1. The first-order valence-electron chi connectivity index (χ1n) is 6.87. The quantitative estimate of drug-likeness (QED) is 0.747. The number of carbonyl (C=O) groups is 1. The van der Waals surface area contributed by atoms with Crippen molar-refractivity contribution in [3.05, 3.63) is 28.2 Å². The first-order chi connectivity index (χ1) is 9.45. The monoisotopic (exact) mass is 343 g/mol. The summed E-state index contributed by atoms with van der Waals surface area (Å²) in [5, 5.41) is 12.6. The van der Waals surface area contributed by atoms with Crippen LogP contribution < -0.4 is 10.1 Å². The zero-order valence-electron chi connectivity index (χ0n) is 12.1. The van der Waals surface area contributed by atoms with Gasteiger partial charge in [-0.2, -0.15) is 0 Å². The highest BCUT2D eigenvalue weighted by molar-refractivity contribution is 9.10. The number of unbranched alkanes of at least 4 members (excludes halogenated alkanes) is 1. The molecule has 1 rings (SSSR count). The van der Waals surface area contributed by atoms with Crippen LogP contribution in [0.1, 0.15) is 45.3 Å². The normalized spacial score (nSPS) is 13.7. The summed E-state index contributed by atoms with van der Waals surface area (Å²) in [5.74, 6) is 0.377. The molecule has 0 aliphatic heterocycles. The Morgan fingerprint density at radius 1 is 1.45 bits per heavy atom. The van der Waals surface area contributed by atoms with Crippen LogP contribution >= 0.6 is 15.9 Å². The van der Waals surface area contributed by atoms with Gasteiger partial charge in [-0.05, 0) is 32.4 Å². The molecule has 0 radical (unpaired) electrons. The molecule has 0 aliphatic carbocycles. The Morgan fingerprint density at radius 2 is 2.15 bits per heavy atom. The van der Waals surface area contributed by atoms with Gasteiger partial charge < -0.3 is 15.2 Å². The van der Waals surface area contributed by atoms with Crippen molar-refractivity contribution in [2.24, 2.45) is 0 Å². The van der Waals surface area contributed by atoms with Crippen LogP contribution in [-0.2, 0) is 4.79 Å². The van der Waals surface area contributed by atoms with E-state index in [9.17, 15) is 9.90 Å². The Labute approximate surface area is 128 Å². The fourth-order valence-electron chi connectivity index (χ4n) is 1.73. The molecule has 0 spiro atoms. The van der Waals surface area contributed by atoms with Gasteiger partial charge in [0, 0.05) is 16.6 Å². The molecule has 0 aliphatic rings. The third-order valence-electron chi connectivity index (χ3n) is 2.93. The van der Waals surface area contributed by atoms with Crippen molar-refractivity contribution in [3.8, 4) is 5.75 Å². The van der Waals surface area contributed by atoms with Gasteiger partial charge in [-0.25, -0.2) is 0 Å². The van der Waals surface area contributed by atoms with Gasteiger partial charge in [-0.3, -0.25) is 4.79 Å². The molecule has 0 heterocycles. The van der Waals surface area contributed by atoms with Crippen LogP contribution in [-0.4, -0.2) is 23.7 Å². The zero-order chi connectivity index (χ0) is 15.1. The Hall–Kier alpha value is -1.07. The van der Waals surface area contributed by atoms with E-state index in [-0.39, 0.29) is 5.91 Å². The highest BCUT2D eigenvalue weighted by Gasteiger charge is 2.17. The van der Waals surface area contributed by atoms with Crippen LogP contribution in [0.5, 0.6) is 5.75 Å². The molecular formula is C15H22BrNO3. The molecule has 2 N–H and O–H groups in total. The summed E-state index contributed by atoms with van der Waals surface area (Å²) in [6.07, 6.45) is 0.744. The number of aliphatic hydroxyl groups is 1. The summed E-state index contributed by atoms with van der Waals surface area (Å²) in [6, 6.07) is 5.38. The molecule has 0 saturated heterocycles. The Morgan fingerprint density at radius 3 is 2.75 bits per heavy atom. The van der Waals surface area contributed by atoms with E-state index in [4.69, 9.17) is 4.74 Å². The van der Waals surface area contributed by atoms with E-state index in [0.717, 1.165) is 17.3 Å². The van der Waals surface area contributed by atoms with Gasteiger partial charge in [0.05, 0.1) is 6.10 Å². The van der Waals surface area contributed by atoms with Crippen LogP contribution in [0.15, 0.2) is 22.7 Å². The third-order valence-corrected chi connectivity index (χ3v) is 3.42. The summed E-state index contributed by atoms with van der Waals surface area (Å²) in [6.45, 7) is 6.10. The highest BCUT2D eigenvalue weighted by Crippen LogP contribution is 2.29. The molecule has 2 atom stereocenters. The fraction of sp³-hybridized carbons (Fsp3) is 0.533. The lowest BCUT2D eigenvalue weighted by Gasteiger charge is -2.18. The SMILES string of the molecule is CCCCNC(=O)C(C)Oc1cc(Br)ccc1[C@@H](C)O. The molecule has 0 fully saturated rings. The molecule has 112 valence electrons. The van der Waals surface area contributed by atoms with Crippen LogP contribution in [0, 0.1) is 0 Å². The maximum Gasteiger partial charge on any atom is 0.260 e. The zero-order valence-corrected chi connectivity index (χ0v) is 13.7. The molecule has 1 unspecified atom stereocenters. The van der Waals surface area contributed by atoms with E-state index in [2.05, 4.69) is 28.2 Å². The maximum absolute atomic E-state index is 11.9. The van der Waals surface area contributed by atoms with Gasteiger partial charge in [-0.15, -0.1) is 0 Å². The second-order valence-corrected chi connectivity index (χ2v) is 5.68. The lowest BCUT2D eigenvalue weighted by Crippen LogP contribution is -2.37. The van der Waals surface area contributed by atoms with E-state index in [0.29, 0.717) is 17.9 Å². The van der Waals surface area contributed by atoms with Gasteiger partial charge >= 0.3 is 0 Å². The summed E-state index contributed by atoms with van der Waals surface area (Å²) in [4.78, 5) is 11.9. The molecule has 1 amide bonds. The summed E-state index contributed by atoms with van der Waals surface area (Å²) in [7, 11) is 0. The third kappa shape index (κ3) is 5.13. The first kappa shape index (κ1) is 17.0. The van der Waals surface area contributed by atoms with Gasteiger partial charge in [0.25, 0.3) is 5.91 Å². The number of carbonyl (C=O) groups excluding carboxylic acids is 1. The van der Waals surface area contributed by atoms with E-state index in [1.807, 2.05) is 6.07 Å². The minimum Gasteiger partial charge on any atom is -0.480 e. The van der Waals surface area contributed by atoms with Crippen LogP contribution in [0.2, 0.25) is 0 Å². The minimum absolute atomic E-state index is 0.144. The van der Waals surface area contributed by atoms with Crippen molar-refractivity contribution in [1.82, 2.24) is 5.32 Å². The lowest BCUT2D eigenvalue weighted by molar-refractivity contribution is -0.127. The number of nitrogens with one attached hydrogen (secondary N) is 1. The second-order valence-electron chi connectivity index (χ2n) is 4.76. The number of hydrogen-bond acceptors (Lipinski definition) is 3. The molecule has 0 saturated carbocycles. The minimum atomic E-state index is -0.645. The Kier molecular flexibility index (Phi) is 7.02. The average Bonchev–Trinajstić information content (AvgIpc) is 2.38. The summed E-state index contributed by atoms with van der Waals surface area (Å²) in [5.41, 5.74) is 0.668. The van der Waals surface area contributed by atoms with Crippen molar-refractivity contribution in [2.45, 2.75) is 45.8 Å². The van der Waals surface area contributed by atoms with Gasteiger partial charge in [0.15, 0.2) is 6.10 Å². The molecular weight excluding hydrogens is 322 g/mol. The van der Waals surface area contributed by atoms with Gasteiger partial charge in [0.2, 0.25) is 0 Å². The van der Waals surface area contributed by atoms with Crippen molar-refractivity contribution >= 4 is 21.8 Å². The second kappa shape index (κ2) is 8.27. The molecule has 4 nitrogen and oxygen atoms in total. The predicted molar refractivity (Wildman–Crippen MR) is 82.8 cm³/mol. The average molecular weight is 344 g/mol. The fourth-order valence-corrected chi connectivity index (χ4v) is 2.07. The molecule has 1 aromatic rings. The number of ether oxygens (including phenoxy) is 1. The number of rotatable bonds is 7. The first-order valence-corrected chi connectivity index (χ1v) is 7.66. The number of benzene rings is 1. The predicted octanol–water partition coefficient (Wildman–Crippen LogP) is 3.19. The summed E-state index contributed by atoms with van der Waals surface area (Å²) < 4.78 is 6.52. The van der Waals surface area contributed by atoms with Gasteiger partial charge in [-0.1, -0.05) is 35.3 Å². The van der Waals surface area contributed by atoms with E-state index in [1.54, 1.807) is 26.0 Å². The number of halogens is 1. The Balaban J connectivity index is 2.71. The van der Waals surface area contributed by atoms with Crippen molar-refractivity contribution in [2.75, 3.05) is 6.54 Å². The standard InChI is InChI=1S/C15H22BrNO3/c1-4-5-8-17-15(19)11(3)20-14-9-12(16)6-7-13(14)10(2)18/h6-7,9-11,18H,4-5,8H2,1-3H3,(H,17,19)/t10-,11?/m1/s1. The van der Waals surface area contributed by atoms with E-state index >= 15 is 0 Å². The molecule has 1 aromatic carbocycles. The molecule has 0 aromatic heterocycles. The molecule has 5 heteroatoms. The largest absolute Gasteiger partial charge is 0.480 e. The smallest absolute Gasteiger partial charge is 0.260 e. The lowest BCUT2D eigenvalue weighted by atomic mass is 10.1. The topological polar surface area (TPSA) is 58.6 Å². The number of amides is 1. The number of hydrogen-bond donors (Lipinski definition) is 2. The van der Waals surface area contributed by atoms with Gasteiger partial charge in [0.1, 0.15) is 5.75 Å².